The molecule has 2 N–H and O–H groups in total. The van der Waals surface area contributed by atoms with Gasteiger partial charge >= 0.3 is 0 Å². The van der Waals surface area contributed by atoms with Crippen LogP contribution in [0, 0.1) is 0 Å². The van der Waals surface area contributed by atoms with Crippen molar-refractivity contribution in [1.82, 2.24) is 10.9 Å². The fraction of sp³-hybridized carbons (Fsp3) is 0.222. The van der Waals surface area contributed by atoms with E-state index in [4.69, 9.17) is 0 Å². The smallest absolute Gasteiger partial charge is 0.125 e. The molecule has 4 nitrogen and oxygen atoms in total. The summed E-state index contributed by atoms with van der Waals surface area (Å²) in [5.74, 6) is 0. The van der Waals surface area contributed by atoms with Crippen LogP contribution in [-0.2, 0) is 0 Å². The zero-order chi connectivity index (χ0) is 15.8. The van der Waals surface area contributed by atoms with Crippen molar-refractivity contribution in [2.45, 2.75) is 26.9 Å². The monoisotopic (exact) mass is 294 g/mol. The molecule has 114 valence electrons. The molecule has 0 aliphatic heterocycles. The molecule has 2 aromatic carbocycles. The van der Waals surface area contributed by atoms with Crippen LogP contribution in [0.25, 0.3) is 0 Å². The van der Waals surface area contributed by atoms with Crippen molar-refractivity contribution in [2.75, 3.05) is 0 Å². The Morgan fingerprint density at radius 1 is 0.727 bits per heavy atom. The van der Waals surface area contributed by atoms with Crippen molar-refractivity contribution in [3.05, 3.63) is 71.8 Å². The lowest BCUT2D eigenvalue weighted by atomic mass is 10.1. The average molecular weight is 294 g/mol. The lowest BCUT2D eigenvalue weighted by molar-refractivity contribution is 0.482. The molecule has 0 aromatic heterocycles. The summed E-state index contributed by atoms with van der Waals surface area (Å²) in [5, 5.41) is 8.76. The Bertz CT molecular complexity index is 575. The summed E-state index contributed by atoms with van der Waals surface area (Å²) in [5.41, 5.74) is 10.2. The third-order valence-electron chi connectivity index (χ3n) is 3.23. The van der Waals surface area contributed by atoms with E-state index in [1.165, 1.54) is 0 Å². The average Bonchev–Trinajstić information content (AvgIpc) is 2.59. The van der Waals surface area contributed by atoms with Gasteiger partial charge < -0.3 is 0 Å². The Morgan fingerprint density at radius 2 is 1.09 bits per heavy atom. The van der Waals surface area contributed by atoms with Crippen molar-refractivity contribution < 1.29 is 0 Å². The molecule has 0 saturated carbocycles. The fourth-order valence-corrected chi connectivity index (χ4v) is 1.90. The summed E-state index contributed by atoms with van der Waals surface area (Å²) >= 11 is 0. The summed E-state index contributed by atoms with van der Waals surface area (Å²) < 4.78 is 0. The number of benzene rings is 2. The molecule has 0 spiro atoms. The SMILES string of the molecule is C/C(=N\NC(C)N/N=C(\C)c1ccccc1)c1ccccc1. The van der Waals surface area contributed by atoms with Gasteiger partial charge in [0.15, 0.2) is 0 Å². The minimum Gasteiger partial charge on any atom is -0.287 e. The van der Waals surface area contributed by atoms with Crippen LogP contribution in [-0.4, -0.2) is 17.6 Å². The van der Waals surface area contributed by atoms with E-state index in [1.54, 1.807) is 0 Å². The van der Waals surface area contributed by atoms with E-state index in [9.17, 15) is 0 Å². The van der Waals surface area contributed by atoms with Gasteiger partial charge in [-0.25, -0.2) is 0 Å². The van der Waals surface area contributed by atoms with Crippen molar-refractivity contribution >= 4 is 11.4 Å². The molecule has 2 rings (SSSR count). The highest BCUT2D eigenvalue weighted by Gasteiger charge is 2.00. The van der Waals surface area contributed by atoms with Gasteiger partial charge in [0.1, 0.15) is 6.17 Å². The summed E-state index contributed by atoms with van der Waals surface area (Å²) in [6, 6.07) is 20.2. The second kappa shape index (κ2) is 7.98. The first-order valence-corrected chi connectivity index (χ1v) is 7.37. The predicted molar refractivity (Wildman–Crippen MR) is 93.0 cm³/mol. The molecule has 0 unspecified atom stereocenters. The number of nitrogens with one attached hydrogen (secondary N) is 2. The van der Waals surface area contributed by atoms with Gasteiger partial charge in [-0.05, 0) is 31.9 Å². The van der Waals surface area contributed by atoms with Crippen molar-refractivity contribution in [3.8, 4) is 0 Å². The molecular weight excluding hydrogens is 272 g/mol. The van der Waals surface area contributed by atoms with Crippen LogP contribution in [0.5, 0.6) is 0 Å². The number of hydrogen-bond donors (Lipinski definition) is 2. The second-order valence-electron chi connectivity index (χ2n) is 5.11. The van der Waals surface area contributed by atoms with Gasteiger partial charge in [-0.3, -0.25) is 10.9 Å². The highest BCUT2D eigenvalue weighted by Crippen LogP contribution is 2.01. The van der Waals surface area contributed by atoms with Crippen LogP contribution < -0.4 is 10.9 Å². The van der Waals surface area contributed by atoms with Crippen LogP contribution in [0.2, 0.25) is 0 Å². The predicted octanol–water partition coefficient (Wildman–Crippen LogP) is 3.36. The number of rotatable bonds is 6. The van der Waals surface area contributed by atoms with Gasteiger partial charge in [0.2, 0.25) is 0 Å². The fourth-order valence-electron chi connectivity index (χ4n) is 1.90. The van der Waals surface area contributed by atoms with Crippen LogP contribution in [0.1, 0.15) is 31.9 Å². The third kappa shape index (κ3) is 4.74. The maximum Gasteiger partial charge on any atom is 0.125 e. The van der Waals surface area contributed by atoms with E-state index < -0.39 is 0 Å². The standard InChI is InChI=1S/C18H22N4/c1-14(17-10-6-4-7-11-17)19-21-16(3)22-20-15(2)18-12-8-5-9-13-18/h4-13,16,21-22H,1-3H3/b19-14+,20-15+. The molecule has 0 amide bonds. The van der Waals surface area contributed by atoms with Gasteiger partial charge in [-0.1, -0.05) is 60.7 Å². The van der Waals surface area contributed by atoms with Crippen molar-refractivity contribution in [3.63, 3.8) is 0 Å². The Hall–Kier alpha value is -2.62. The number of hydrogen-bond acceptors (Lipinski definition) is 4. The molecular formula is C18H22N4. The van der Waals surface area contributed by atoms with Crippen molar-refractivity contribution in [1.29, 1.82) is 0 Å². The Kier molecular flexibility index (Phi) is 5.72. The highest BCUT2D eigenvalue weighted by molar-refractivity contribution is 5.98. The molecule has 0 radical (unpaired) electrons. The summed E-state index contributed by atoms with van der Waals surface area (Å²) in [4.78, 5) is 0. The van der Waals surface area contributed by atoms with Crippen LogP contribution in [0.15, 0.2) is 70.9 Å². The Labute approximate surface area is 132 Å². The molecule has 0 aliphatic carbocycles. The first-order valence-electron chi connectivity index (χ1n) is 7.37. The lowest BCUT2D eigenvalue weighted by Gasteiger charge is -2.12. The third-order valence-corrected chi connectivity index (χ3v) is 3.23. The molecule has 0 heterocycles. The molecule has 0 aliphatic rings. The zero-order valence-electron chi connectivity index (χ0n) is 13.2. The topological polar surface area (TPSA) is 48.8 Å². The van der Waals surface area contributed by atoms with E-state index in [0.29, 0.717) is 0 Å². The van der Waals surface area contributed by atoms with Gasteiger partial charge in [0.25, 0.3) is 0 Å². The Morgan fingerprint density at radius 3 is 1.45 bits per heavy atom. The summed E-state index contributed by atoms with van der Waals surface area (Å²) in [6.07, 6.45) is -0.0580. The van der Waals surface area contributed by atoms with Gasteiger partial charge in [-0.15, -0.1) is 0 Å². The van der Waals surface area contributed by atoms with Gasteiger partial charge in [-0.2, -0.15) is 10.2 Å². The quantitative estimate of drug-likeness (QED) is 0.487. The normalized spacial score (nSPS) is 12.4. The molecule has 0 bridgehead atoms. The van der Waals surface area contributed by atoms with Crippen LogP contribution in [0.3, 0.4) is 0 Å². The van der Waals surface area contributed by atoms with E-state index in [-0.39, 0.29) is 6.17 Å². The first kappa shape index (κ1) is 15.8. The highest BCUT2D eigenvalue weighted by atomic mass is 15.4. The number of hydrazone groups is 2. The number of nitrogens with zero attached hydrogens (tertiary/aromatic N) is 2. The molecule has 22 heavy (non-hydrogen) atoms. The minimum absolute atomic E-state index is 0.0580. The first-order chi connectivity index (χ1) is 10.7. The van der Waals surface area contributed by atoms with Crippen LogP contribution in [0.4, 0.5) is 0 Å². The van der Waals surface area contributed by atoms with E-state index in [0.717, 1.165) is 22.6 Å². The van der Waals surface area contributed by atoms with Gasteiger partial charge in [0.05, 0.1) is 11.4 Å². The van der Waals surface area contributed by atoms with E-state index in [2.05, 4.69) is 21.1 Å². The minimum atomic E-state index is -0.0580. The largest absolute Gasteiger partial charge is 0.287 e. The summed E-state index contributed by atoms with van der Waals surface area (Å²) in [6.45, 7) is 5.94. The lowest BCUT2D eigenvalue weighted by Crippen LogP contribution is -2.34. The van der Waals surface area contributed by atoms with E-state index in [1.807, 2.05) is 81.4 Å². The van der Waals surface area contributed by atoms with Crippen LogP contribution >= 0.6 is 0 Å². The maximum absolute atomic E-state index is 4.38. The molecule has 0 fully saturated rings. The molecule has 2 aromatic rings. The molecule has 0 atom stereocenters. The molecule has 4 heteroatoms. The van der Waals surface area contributed by atoms with Crippen molar-refractivity contribution in [2.24, 2.45) is 10.2 Å². The summed E-state index contributed by atoms with van der Waals surface area (Å²) in [7, 11) is 0. The van der Waals surface area contributed by atoms with Gasteiger partial charge in [0, 0.05) is 0 Å². The second-order valence-corrected chi connectivity index (χ2v) is 5.11. The maximum atomic E-state index is 4.38. The zero-order valence-corrected chi connectivity index (χ0v) is 13.2. The Balaban J connectivity index is 1.89. The van der Waals surface area contributed by atoms with E-state index >= 15 is 0 Å². The molecule has 0 saturated heterocycles.